The zero-order chi connectivity index (χ0) is 15.2. The molecule has 0 aromatic heterocycles. The fourth-order valence-corrected chi connectivity index (χ4v) is 3.52. The molecule has 2 N–H and O–H groups in total. The van der Waals surface area contributed by atoms with Gasteiger partial charge in [0, 0.05) is 31.3 Å². The summed E-state index contributed by atoms with van der Waals surface area (Å²) in [6, 6.07) is 0.875. The molecule has 0 radical (unpaired) electrons. The van der Waals surface area contributed by atoms with Gasteiger partial charge in [-0.25, -0.2) is 0 Å². The second-order valence-corrected chi connectivity index (χ2v) is 7.03. The van der Waals surface area contributed by atoms with Crippen LogP contribution < -0.4 is 5.32 Å². The van der Waals surface area contributed by atoms with Crippen molar-refractivity contribution in [2.75, 3.05) is 33.4 Å². The summed E-state index contributed by atoms with van der Waals surface area (Å²) >= 11 is 0. The van der Waals surface area contributed by atoms with Crippen LogP contribution in [0.15, 0.2) is 0 Å². The molecule has 0 aromatic carbocycles. The van der Waals surface area contributed by atoms with Gasteiger partial charge in [0.2, 0.25) is 0 Å². The van der Waals surface area contributed by atoms with Crippen LogP contribution in [0.2, 0.25) is 0 Å². The van der Waals surface area contributed by atoms with E-state index in [1.807, 2.05) is 0 Å². The lowest BCUT2D eigenvalue weighted by atomic mass is 9.90. The molecule has 3 atom stereocenters. The minimum Gasteiger partial charge on any atom is -0.394 e. The summed E-state index contributed by atoms with van der Waals surface area (Å²) in [4.78, 5) is 2.56. The molecule has 0 aliphatic carbocycles. The van der Waals surface area contributed by atoms with Crippen LogP contribution in [-0.2, 0) is 4.74 Å². The molecule has 0 amide bonds. The number of methoxy groups -OCH3 is 1. The van der Waals surface area contributed by atoms with Gasteiger partial charge in [0.25, 0.3) is 0 Å². The lowest BCUT2D eigenvalue weighted by Gasteiger charge is -2.41. The minimum atomic E-state index is -0.193. The molecule has 1 aliphatic rings. The monoisotopic (exact) mass is 286 g/mol. The molecule has 1 aliphatic heterocycles. The fourth-order valence-electron chi connectivity index (χ4n) is 3.52. The minimum absolute atomic E-state index is 0.185. The van der Waals surface area contributed by atoms with Gasteiger partial charge in [0.15, 0.2) is 0 Å². The van der Waals surface area contributed by atoms with E-state index in [4.69, 9.17) is 4.74 Å². The second kappa shape index (κ2) is 8.32. The molecule has 1 saturated heterocycles. The summed E-state index contributed by atoms with van der Waals surface area (Å²) < 4.78 is 5.31. The highest BCUT2D eigenvalue weighted by molar-refractivity contribution is 4.89. The predicted molar refractivity (Wildman–Crippen MR) is 84.0 cm³/mol. The van der Waals surface area contributed by atoms with Crippen LogP contribution in [0.3, 0.4) is 0 Å². The molecular formula is C16H34N2O2. The number of nitrogens with zero attached hydrogens (tertiary/aromatic N) is 1. The van der Waals surface area contributed by atoms with Gasteiger partial charge in [-0.1, -0.05) is 13.8 Å². The van der Waals surface area contributed by atoms with Crippen LogP contribution in [0, 0.1) is 5.92 Å². The van der Waals surface area contributed by atoms with E-state index in [0.29, 0.717) is 18.0 Å². The molecule has 20 heavy (non-hydrogen) atoms. The van der Waals surface area contributed by atoms with Crippen molar-refractivity contribution >= 4 is 0 Å². The first kappa shape index (κ1) is 17.9. The summed E-state index contributed by atoms with van der Waals surface area (Å²) in [6.45, 7) is 12.0. The van der Waals surface area contributed by atoms with E-state index in [1.165, 1.54) is 19.4 Å². The maximum Gasteiger partial charge on any atom is 0.0611 e. The highest BCUT2D eigenvalue weighted by Crippen LogP contribution is 2.23. The second-order valence-electron chi connectivity index (χ2n) is 7.03. The van der Waals surface area contributed by atoms with Gasteiger partial charge >= 0.3 is 0 Å². The quantitative estimate of drug-likeness (QED) is 0.715. The zero-order valence-electron chi connectivity index (χ0n) is 14.0. The van der Waals surface area contributed by atoms with Crippen molar-refractivity contribution in [3.8, 4) is 0 Å². The van der Waals surface area contributed by atoms with E-state index in [0.717, 1.165) is 19.6 Å². The number of aliphatic hydroxyl groups is 1. The van der Waals surface area contributed by atoms with Crippen molar-refractivity contribution in [2.24, 2.45) is 5.92 Å². The van der Waals surface area contributed by atoms with Gasteiger partial charge in [0.1, 0.15) is 0 Å². The Balaban J connectivity index is 2.53. The first-order valence-electron chi connectivity index (χ1n) is 8.01. The van der Waals surface area contributed by atoms with Crippen molar-refractivity contribution in [3.63, 3.8) is 0 Å². The van der Waals surface area contributed by atoms with Crippen molar-refractivity contribution in [2.45, 2.75) is 64.6 Å². The maximum absolute atomic E-state index is 9.72. The number of likely N-dealkylation sites (tertiary alicyclic amines) is 1. The Kier molecular flexibility index (Phi) is 7.45. The Morgan fingerprint density at radius 1 is 1.40 bits per heavy atom. The summed E-state index contributed by atoms with van der Waals surface area (Å²) in [7, 11) is 1.79. The highest BCUT2D eigenvalue weighted by atomic mass is 16.5. The lowest BCUT2D eigenvalue weighted by molar-refractivity contribution is 0.0526. The topological polar surface area (TPSA) is 44.7 Å². The molecule has 0 bridgehead atoms. The third-order valence-electron chi connectivity index (χ3n) is 4.31. The first-order valence-corrected chi connectivity index (χ1v) is 8.01. The lowest BCUT2D eigenvalue weighted by Crippen LogP contribution is -2.54. The number of hydrogen-bond acceptors (Lipinski definition) is 4. The smallest absolute Gasteiger partial charge is 0.0611 e. The van der Waals surface area contributed by atoms with Crippen LogP contribution in [0.4, 0.5) is 0 Å². The number of rotatable bonds is 8. The van der Waals surface area contributed by atoms with E-state index >= 15 is 0 Å². The summed E-state index contributed by atoms with van der Waals surface area (Å²) in [5.41, 5.74) is -0.193. The van der Waals surface area contributed by atoms with E-state index in [-0.39, 0.29) is 12.1 Å². The van der Waals surface area contributed by atoms with Crippen molar-refractivity contribution in [1.29, 1.82) is 0 Å². The number of piperidine rings is 1. The molecule has 1 heterocycles. The standard InChI is InChI=1S/C16H34N2O2/c1-13(2)17-16(4,12-19)9-14(3)18-8-6-7-15(10-18)11-20-5/h13-15,17,19H,6-12H2,1-5H3. The normalized spacial score (nSPS) is 25.6. The molecule has 0 spiro atoms. The van der Waals surface area contributed by atoms with Crippen molar-refractivity contribution < 1.29 is 9.84 Å². The Labute approximate surface area is 124 Å². The Bertz CT molecular complexity index is 271. The molecule has 3 unspecified atom stereocenters. The molecular weight excluding hydrogens is 252 g/mol. The van der Waals surface area contributed by atoms with Gasteiger partial charge in [-0.3, -0.25) is 0 Å². The van der Waals surface area contributed by atoms with Crippen molar-refractivity contribution in [1.82, 2.24) is 10.2 Å². The number of ether oxygens (including phenoxy) is 1. The van der Waals surface area contributed by atoms with E-state index < -0.39 is 0 Å². The van der Waals surface area contributed by atoms with Gasteiger partial charge in [-0.05, 0) is 45.6 Å². The predicted octanol–water partition coefficient (Wildman–Crippen LogP) is 1.87. The average Bonchev–Trinajstić information content (AvgIpc) is 2.38. The summed E-state index contributed by atoms with van der Waals surface area (Å²) in [5, 5.41) is 13.2. The Morgan fingerprint density at radius 3 is 2.65 bits per heavy atom. The van der Waals surface area contributed by atoms with Gasteiger partial charge in [-0.2, -0.15) is 0 Å². The molecule has 1 fully saturated rings. The summed E-state index contributed by atoms with van der Waals surface area (Å²) in [5.74, 6) is 0.662. The third-order valence-corrected chi connectivity index (χ3v) is 4.31. The van der Waals surface area contributed by atoms with E-state index in [9.17, 15) is 5.11 Å². The molecule has 4 heteroatoms. The first-order chi connectivity index (χ1) is 9.40. The number of nitrogens with one attached hydrogen (secondary N) is 1. The Morgan fingerprint density at radius 2 is 2.10 bits per heavy atom. The number of hydrogen-bond donors (Lipinski definition) is 2. The molecule has 1 rings (SSSR count). The SMILES string of the molecule is COCC1CCCN(C(C)CC(C)(CO)NC(C)C)C1. The third kappa shape index (κ3) is 5.68. The van der Waals surface area contributed by atoms with E-state index in [2.05, 4.69) is 37.9 Å². The van der Waals surface area contributed by atoms with Crippen molar-refractivity contribution in [3.05, 3.63) is 0 Å². The average molecular weight is 286 g/mol. The largest absolute Gasteiger partial charge is 0.394 e. The van der Waals surface area contributed by atoms with Crippen LogP contribution >= 0.6 is 0 Å². The maximum atomic E-state index is 9.72. The summed E-state index contributed by atoms with van der Waals surface area (Å²) in [6.07, 6.45) is 3.51. The van der Waals surface area contributed by atoms with E-state index in [1.54, 1.807) is 7.11 Å². The molecule has 4 nitrogen and oxygen atoms in total. The van der Waals surface area contributed by atoms with Crippen LogP contribution in [0.25, 0.3) is 0 Å². The number of aliphatic hydroxyl groups excluding tert-OH is 1. The van der Waals surface area contributed by atoms with Gasteiger partial charge < -0.3 is 20.1 Å². The highest BCUT2D eigenvalue weighted by Gasteiger charge is 2.30. The van der Waals surface area contributed by atoms with Crippen LogP contribution in [0.1, 0.15) is 47.0 Å². The Hall–Kier alpha value is -0.160. The van der Waals surface area contributed by atoms with Gasteiger partial charge in [0.05, 0.1) is 13.2 Å². The van der Waals surface area contributed by atoms with Crippen LogP contribution in [0.5, 0.6) is 0 Å². The van der Waals surface area contributed by atoms with Gasteiger partial charge in [-0.15, -0.1) is 0 Å². The zero-order valence-corrected chi connectivity index (χ0v) is 14.0. The fraction of sp³-hybridized carbons (Fsp3) is 1.00. The molecule has 120 valence electrons. The van der Waals surface area contributed by atoms with Crippen LogP contribution in [-0.4, -0.2) is 61.0 Å². The molecule has 0 aromatic rings. The molecule has 0 saturated carbocycles.